The number of nitro groups is 1. The van der Waals surface area contributed by atoms with Crippen molar-refractivity contribution in [3.63, 3.8) is 0 Å². The van der Waals surface area contributed by atoms with Crippen molar-refractivity contribution >= 4 is 27.9 Å². The Morgan fingerprint density at radius 1 is 1.20 bits per heavy atom. The Hall–Kier alpha value is -2.21. The van der Waals surface area contributed by atoms with Gasteiger partial charge >= 0.3 is 5.69 Å². The van der Waals surface area contributed by atoms with E-state index < -0.39 is 4.92 Å². The molecule has 0 amide bonds. The van der Waals surface area contributed by atoms with Gasteiger partial charge in [-0.05, 0) is 29.8 Å². The summed E-state index contributed by atoms with van der Waals surface area (Å²) in [7, 11) is 0. The third-order valence-electron chi connectivity index (χ3n) is 2.62. The molecule has 0 aliphatic carbocycles. The van der Waals surface area contributed by atoms with Crippen molar-refractivity contribution in [2.24, 2.45) is 0 Å². The Kier molecular flexibility index (Phi) is 4.47. The Labute approximate surface area is 123 Å². The summed E-state index contributed by atoms with van der Waals surface area (Å²) in [6.45, 7) is 0.217. The topological polar surface area (TPSA) is 69.4 Å². The molecule has 0 saturated heterocycles. The molecule has 0 atom stereocenters. The first-order valence-corrected chi connectivity index (χ1v) is 6.50. The maximum absolute atomic E-state index is 10.9. The lowest BCUT2D eigenvalue weighted by atomic mass is 10.2. The summed E-state index contributed by atoms with van der Waals surface area (Å²) in [5.74, 6) is 0.142. The van der Waals surface area contributed by atoms with Gasteiger partial charge in [0.05, 0.1) is 4.92 Å². The Morgan fingerprint density at radius 3 is 2.50 bits per heavy atom. The fourth-order valence-corrected chi connectivity index (χ4v) is 1.88. The number of nitro benzene ring substituents is 1. The molecular formula is C14H10BrNO4. The van der Waals surface area contributed by atoms with Crippen LogP contribution in [0.1, 0.15) is 15.9 Å². The third kappa shape index (κ3) is 3.42. The highest BCUT2D eigenvalue weighted by atomic mass is 79.9. The molecular weight excluding hydrogens is 326 g/mol. The summed E-state index contributed by atoms with van der Waals surface area (Å²) in [6, 6.07) is 11.6. The second kappa shape index (κ2) is 6.29. The van der Waals surface area contributed by atoms with Gasteiger partial charge in [0, 0.05) is 16.1 Å². The molecule has 0 unspecified atom stereocenters. The van der Waals surface area contributed by atoms with E-state index in [1.165, 1.54) is 18.2 Å². The van der Waals surface area contributed by atoms with Crippen LogP contribution in [-0.4, -0.2) is 11.2 Å². The summed E-state index contributed by atoms with van der Waals surface area (Å²) < 4.78 is 6.40. The molecule has 20 heavy (non-hydrogen) atoms. The number of ether oxygens (including phenoxy) is 1. The SMILES string of the molecule is O=Cc1ccc(OCc2ccc(Br)cc2)c([N+](=O)[O-])c1. The van der Waals surface area contributed by atoms with Crippen molar-refractivity contribution in [3.05, 3.63) is 68.2 Å². The number of benzene rings is 2. The van der Waals surface area contributed by atoms with E-state index in [0.717, 1.165) is 10.0 Å². The van der Waals surface area contributed by atoms with Crippen LogP contribution in [0.3, 0.4) is 0 Å². The normalized spacial score (nSPS) is 10.1. The van der Waals surface area contributed by atoms with Crippen LogP contribution >= 0.6 is 15.9 Å². The van der Waals surface area contributed by atoms with E-state index in [1.807, 2.05) is 24.3 Å². The van der Waals surface area contributed by atoms with Crippen LogP contribution in [0.4, 0.5) is 5.69 Å². The van der Waals surface area contributed by atoms with Crippen molar-refractivity contribution < 1.29 is 14.5 Å². The first-order chi connectivity index (χ1) is 9.60. The predicted molar refractivity (Wildman–Crippen MR) is 77.0 cm³/mol. The summed E-state index contributed by atoms with van der Waals surface area (Å²) in [6.07, 6.45) is 0.561. The van der Waals surface area contributed by atoms with Gasteiger partial charge in [0.1, 0.15) is 12.9 Å². The fraction of sp³-hybridized carbons (Fsp3) is 0.0714. The average molecular weight is 336 g/mol. The molecule has 0 saturated carbocycles. The predicted octanol–water partition coefficient (Wildman–Crippen LogP) is 3.75. The van der Waals surface area contributed by atoms with E-state index in [9.17, 15) is 14.9 Å². The van der Waals surface area contributed by atoms with Crippen LogP contribution in [0, 0.1) is 10.1 Å². The Morgan fingerprint density at radius 2 is 1.90 bits per heavy atom. The average Bonchev–Trinajstić information content (AvgIpc) is 2.46. The molecule has 0 fully saturated rings. The second-order valence-corrected chi connectivity index (χ2v) is 4.93. The van der Waals surface area contributed by atoms with Crippen LogP contribution in [0.25, 0.3) is 0 Å². The summed E-state index contributed by atoms with van der Waals surface area (Å²) >= 11 is 3.32. The zero-order chi connectivity index (χ0) is 14.5. The van der Waals surface area contributed by atoms with Gasteiger partial charge in [0.25, 0.3) is 0 Å². The lowest BCUT2D eigenvalue weighted by Gasteiger charge is -2.07. The number of hydrogen-bond donors (Lipinski definition) is 0. The lowest BCUT2D eigenvalue weighted by Crippen LogP contribution is -1.99. The number of carbonyl (C=O) groups is 1. The van der Waals surface area contributed by atoms with Gasteiger partial charge in [-0.1, -0.05) is 28.1 Å². The molecule has 0 aromatic heterocycles. The minimum atomic E-state index is -0.566. The number of carbonyl (C=O) groups excluding carboxylic acids is 1. The van der Waals surface area contributed by atoms with Gasteiger partial charge < -0.3 is 4.74 Å². The maximum atomic E-state index is 10.9. The maximum Gasteiger partial charge on any atom is 0.311 e. The minimum absolute atomic E-state index is 0.142. The van der Waals surface area contributed by atoms with E-state index in [1.54, 1.807) is 0 Å². The van der Waals surface area contributed by atoms with Crippen molar-refractivity contribution in [3.8, 4) is 5.75 Å². The first-order valence-electron chi connectivity index (χ1n) is 5.71. The van der Waals surface area contributed by atoms with Crippen molar-refractivity contribution in [2.45, 2.75) is 6.61 Å². The number of rotatable bonds is 5. The lowest BCUT2D eigenvalue weighted by molar-refractivity contribution is -0.386. The molecule has 0 radical (unpaired) electrons. The van der Waals surface area contributed by atoms with Crippen LogP contribution in [0.5, 0.6) is 5.75 Å². The first kappa shape index (κ1) is 14.2. The molecule has 102 valence electrons. The van der Waals surface area contributed by atoms with Crippen molar-refractivity contribution in [2.75, 3.05) is 0 Å². The van der Waals surface area contributed by atoms with Crippen molar-refractivity contribution in [1.82, 2.24) is 0 Å². The van der Waals surface area contributed by atoms with Gasteiger partial charge in [-0.3, -0.25) is 14.9 Å². The van der Waals surface area contributed by atoms with Gasteiger partial charge in [0.2, 0.25) is 0 Å². The third-order valence-corrected chi connectivity index (χ3v) is 3.15. The fourth-order valence-electron chi connectivity index (χ4n) is 1.61. The van der Waals surface area contributed by atoms with Crippen LogP contribution < -0.4 is 4.74 Å². The summed E-state index contributed by atoms with van der Waals surface area (Å²) in [5, 5.41) is 10.9. The zero-order valence-electron chi connectivity index (χ0n) is 10.3. The number of halogens is 1. The quantitative estimate of drug-likeness (QED) is 0.474. The summed E-state index contributed by atoms with van der Waals surface area (Å²) in [5.41, 5.74) is 0.918. The van der Waals surface area contributed by atoms with E-state index >= 15 is 0 Å². The van der Waals surface area contributed by atoms with Gasteiger partial charge in [-0.25, -0.2) is 0 Å². The van der Waals surface area contributed by atoms with Crippen LogP contribution in [0.15, 0.2) is 46.9 Å². The Bertz CT molecular complexity index is 640. The van der Waals surface area contributed by atoms with Gasteiger partial charge in [0.15, 0.2) is 5.75 Å². The smallest absolute Gasteiger partial charge is 0.311 e. The van der Waals surface area contributed by atoms with E-state index in [-0.39, 0.29) is 23.6 Å². The molecule has 6 heteroatoms. The van der Waals surface area contributed by atoms with Crippen LogP contribution in [0.2, 0.25) is 0 Å². The van der Waals surface area contributed by atoms with Gasteiger partial charge in [-0.15, -0.1) is 0 Å². The molecule has 0 N–H and O–H groups in total. The standard InChI is InChI=1S/C14H10BrNO4/c15-12-4-1-10(2-5-12)9-20-14-6-3-11(8-17)7-13(14)16(18)19/h1-8H,9H2. The highest BCUT2D eigenvalue weighted by Gasteiger charge is 2.16. The number of aldehydes is 1. The molecule has 0 aliphatic heterocycles. The van der Waals surface area contributed by atoms with E-state index in [4.69, 9.17) is 4.74 Å². The zero-order valence-corrected chi connectivity index (χ0v) is 11.9. The van der Waals surface area contributed by atoms with Crippen molar-refractivity contribution in [1.29, 1.82) is 0 Å². The number of nitrogens with zero attached hydrogens (tertiary/aromatic N) is 1. The molecule has 5 nitrogen and oxygen atoms in total. The Balaban J connectivity index is 2.18. The van der Waals surface area contributed by atoms with Crippen LogP contribution in [-0.2, 0) is 6.61 Å². The minimum Gasteiger partial charge on any atom is -0.482 e. The largest absolute Gasteiger partial charge is 0.482 e. The van der Waals surface area contributed by atoms with Gasteiger partial charge in [-0.2, -0.15) is 0 Å². The molecule has 0 aliphatic rings. The molecule has 2 rings (SSSR count). The number of hydrogen-bond acceptors (Lipinski definition) is 4. The monoisotopic (exact) mass is 335 g/mol. The van der Waals surface area contributed by atoms with E-state index in [2.05, 4.69) is 15.9 Å². The highest BCUT2D eigenvalue weighted by molar-refractivity contribution is 9.10. The molecule has 0 heterocycles. The van der Waals surface area contributed by atoms with E-state index in [0.29, 0.717) is 6.29 Å². The molecule has 2 aromatic carbocycles. The summed E-state index contributed by atoms with van der Waals surface area (Å²) in [4.78, 5) is 21.0. The molecule has 0 spiro atoms. The second-order valence-electron chi connectivity index (χ2n) is 4.02. The molecule has 2 aromatic rings. The highest BCUT2D eigenvalue weighted by Crippen LogP contribution is 2.28. The molecule has 0 bridgehead atoms.